The highest BCUT2D eigenvalue weighted by Crippen LogP contribution is 2.13. The lowest BCUT2D eigenvalue weighted by Crippen LogP contribution is -2.40. The Balaban J connectivity index is 1.84. The number of urea groups is 1. The first-order valence-electron chi connectivity index (χ1n) is 13.0. The van der Waals surface area contributed by atoms with E-state index in [0.717, 1.165) is 18.4 Å². The minimum atomic E-state index is -0.435. The van der Waals surface area contributed by atoms with Gasteiger partial charge in [0, 0.05) is 13.0 Å². The molecule has 5 heteroatoms. The summed E-state index contributed by atoms with van der Waals surface area (Å²) < 4.78 is 0. The third kappa shape index (κ3) is 16.6. The van der Waals surface area contributed by atoms with Crippen LogP contribution in [0.1, 0.15) is 115 Å². The van der Waals surface area contributed by atoms with Crippen molar-refractivity contribution in [2.75, 3.05) is 6.54 Å². The van der Waals surface area contributed by atoms with E-state index in [1.54, 1.807) is 12.1 Å². The topological polar surface area (TPSA) is 78.4 Å². The van der Waals surface area contributed by atoms with E-state index < -0.39 is 6.03 Å². The van der Waals surface area contributed by atoms with E-state index in [-0.39, 0.29) is 11.7 Å². The average molecular weight is 447 g/mol. The highest BCUT2D eigenvalue weighted by atomic mass is 16.3. The van der Waals surface area contributed by atoms with Gasteiger partial charge in [0.2, 0.25) is 5.91 Å². The molecular weight excluding hydrogens is 400 g/mol. The lowest BCUT2D eigenvalue weighted by molar-refractivity contribution is -0.120. The molecular formula is C27H46N2O3. The summed E-state index contributed by atoms with van der Waals surface area (Å²) >= 11 is 0. The molecule has 1 rings (SSSR count). The average Bonchev–Trinajstić information content (AvgIpc) is 2.77. The number of nitrogens with one attached hydrogen (secondary N) is 2. The molecule has 5 nitrogen and oxygen atoms in total. The molecule has 0 atom stereocenters. The third-order valence-electron chi connectivity index (χ3n) is 5.90. The quantitative estimate of drug-likeness (QED) is 0.200. The fourth-order valence-corrected chi connectivity index (χ4v) is 3.87. The van der Waals surface area contributed by atoms with Crippen LogP contribution in [0.2, 0.25) is 0 Å². The smallest absolute Gasteiger partial charge is 0.321 e. The van der Waals surface area contributed by atoms with Gasteiger partial charge >= 0.3 is 6.03 Å². The Hall–Kier alpha value is -2.04. The maximum absolute atomic E-state index is 11.9. The van der Waals surface area contributed by atoms with Gasteiger partial charge in [-0.2, -0.15) is 0 Å². The molecule has 0 aliphatic rings. The number of hydrogen-bond donors (Lipinski definition) is 3. The van der Waals surface area contributed by atoms with Crippen LogP contribution in [-0.2, 0) is 11.2 Å². The molecule has 0 aliphatic heterocycles. The molecule has 32 heavy (non-hydrogen) atoms. The van der Waals surface area contributed by atoms with E-state index in [1.807, 2.05) is 12.1 Å². The minimum absolute atomic E-state index is 0.207. The monoisotopic (exact) mass is 446 g/mol. The largest absolute Gasteiger partial charge is 0.508 e. The summed E-state index contributed by atoms with van der Waals surface area (Å²) in [7, 11) is 0. The summed E-state index contributed by atoms with van der Waals surface area (Å²) in [5.41, 5.74) is 1.02. The number of amides is 3. The van der Waals surface area contributed by atoms with Crippen LogP contribution in [-0.4, -0.2) is 23.6 Å². The fourth-order valence-electron chi connectivity index (χ4n) is 3.87. The van der Waals surface area contributed by atoms with Crippen LogP contribution in [0.25, 0.3) is 0 Å². The van der Waals surface area contributed by atoms with E-state index in [9.17, 15) is 14.7 Å². The molecule has 3 N–H and O–H groups in total. The van der Waals surface area contributed by atoms with Gasteiger partial charge in [-0.15, -0.1) is 0 Å². The predicted octanol–water partition coefficient (Wildman–Crippen LogP) is 7.02. The second-order valence-corrected chi connectivity index (χ2v) is 8.92. The van der Waals surface area contributed by atoms with Gasteiger partial charge in [-0.1, -0.05) is 109 Å². The third-order valence-corrected chi connectivity index (χ3v) is 5.90. The lowest BCUT2D eigenvalue weighted by atomic mass is 10.0. The summed E-state index contributed by atoms with van der Waals surface area (Å²) in [6.45, 7) is 2.71. The van der Waals surface area contributed by atoms with Crippen molar-refractivity contribution in [2.45, 2.75) is 116 Å². The van der Waals surface area contributed by atoms with Crippen LogP contribution >= 0.6 is 0 Å². The molecule has 0 aliphatic carbocycles. The number of rotatable bonds is 19. The molecule has 1 aromatic carbocycles. The Morgan fingerprint density at radius 3 is 1.69 bits per heavy atom. The number of carbonyl (C=O) groups excluding carboxylic acids is 2. The number of phenols is 1. The van der Waals surface area contributed by atoms with Crippen molar-refractivity contribution in [3.8, 4) is 5.75 Å². The normalized spacial score (nSPS) is 10.8. The van der Waals surface area contributed by atoms with Crippen molar-refractivity contribution in [1.29, 1.82) is 0 Å². The molecule has 1 aromatic rings. The zero-order valence-corrected chi connectivity index (χ0v) is 20.3. The molecule has 0 radical (unpaired) electrons. The second kappa shape index (κ2) is 19.6. The van der Waals surface area contributed by atoms with Gasteiger partial charge in [0.15, 0.2) is 0 Å². The molecule has 0 saturated heterocycles. The van der Waals surface area contributed by atoms with E-state index >= 15 is 0 Å². The Kier molecular flexibility index (Phi) is 17.2. The van der Waals surface area contributed by atoms with Crippen molar-refractivity contribution in [1.82, 2.24) is 10.6 Å². The van der Waals surface area contributed by atoms with Crippen molar-refractivity contribution in [3.63, 3.8) is 0 Å². The minimum Gasteiger partial charge on any atom is -0.508 e. The summed E-state index contributed by atoms with van der Waals surface area (Å²) in [6, 6.07) is 6.44. The highest BCUT2D eigenvalue weighted by molar-refractivity contribution is 5.94. The van der Waals surface area contributed by atoms with Crippen LogP contribution in [0.5, 0.6) is 5.75 Å². The maximum Gasteiger partial charge on any atom is 0.321 e. The predicted molar refractivity (Wildman–Crippen MR) is 133 cm³/mol. The number of phenolic OH excluding ortho intramolecular Hbond substituents is 1. The van der Waals surface area contributed by atoms with Crippen molar-refractivity contribution in [2.24, 2.45) is 0 Å². The highest BCUT2D eigenvalue weighted by Gasteiger charge is 2.07. The molecule has 0 fully saturated rings. The summed E-state index contributed by atoms with van der Waals surface area (Å²) in [6.07, 6.45) is 20.5. The maximum atomic E-state index is 11.9. The molecule has 0 unspecified atom stereocenters. The van der Waals surface area contributed by atoms with Crippen LogP contribution < -0.4 is 10.6 Å². The van der Waals surface area contributed by atoms with E-state index in [1.165, 1.54) is 83.5 Å². The first kappa shape index (κ1) is 28.0. The molecule has 0 spiro atoms. The molecule has 0 saturated carbocycles. The van der Waals surface area contributed by atoms with Gasteiger partial charge < -0.3 is 10.4 Å². The van der Waals surface area contributed by atoms with E-state index in [4.69, 9.17) is 0 Å². The zero-order chi connectivity index (χ0) is 23.3. The number of aromatic hydroxyl groups is 1. The van der Waals surface area contributed by atoms with Gasteiger partial charge in [0.25, 0.3) is 0 Å². The number of unbranched alkanes of at least 4 members (excludes halogenated alkanes) is 14. The van der Waals surface area contributed by atoms with Crippen molar-refractivity contribution >= 4 is 11.9 Å². The van der Waals surface area contributed by atoms with Gasteiger partial charge in [-0.3, -0.25) is 10.1 Å². The lowest BCUT2D eigenvalue weighted by Gasteiger charge is -2.07. The van der Waals surface area contributed by atoms with Crippen LogP contribution in [0.3, 0.4) is 0 Å². The molecule has 182 valence electrons. The zero-order valence-electron chi connectivity index (χ0n) is 20.3. The Morgan fingerprint density at radius 2 is 1.19 bits per heavy atom. The summed E-state index contributed by atoms with van der Waals surface area (Å²) in [4.78, 5) is 23.6. The summed E-state index contributed by atoms with van der Waals surface area (Å²) in [5.74, 6) is 0.0191. The molecule has 3 amide bonds. The Morgan fingerprint density at radius 1 is 0.719 bits per heavy atom. The first-order valence-corrected chi connectivity index (χ1v) is 13.0. The molecule has 0 aromatic heterocycles. The van der Waals surface area contributed by atoms with Gasteiger partial charge in [0.05, 0.1) is 0 Å². The Labute approximate surface area is 195 Å². The summed E-state index contributed by atoms with van der Waals surface area (Å²) in [5, 5.41) is 14.4. The van der Waals surface area contributed by atoms with Crippen molar-refractivity contribution in [3.05, 3.63) is 29.8 Å². The van der Waals surface area contributed by atoms with Gasteiger partial charge in [0.1, 0.15) is 5.75 Å². The fraction of sp³-hybridized carbons (Fsp3) is 0.704. The second-order valence-electron chi connectivity index (χ2n) is 8.92. The number of hydrogen-bond acceptors (Lipinski definition) is 3. The SMILES string of the molecule is CCCCCCCCCCCCCCCCCC(=O)NC(=O)NCCc1ccc(O)cc1. The number of carbonyl (C=O) groups is 2. The number of imide groups is 1. The standard InChI is InChI=1S/C27H46N2O3/c1-2-3-4-5-6-7-8-9-10-11-12-13-14-15-16-17-26(31)29-27(32)28-23-22-24-18-20-25(30)21-19-24/h18-21,30H,2-17,22-23H2,1H3,(H2,28,29,31,32). The molecule has 0 bridgehead atoms. The van der Waals surface area contributed by atoms with E-state index in [2.05, 4.69) is 17.6 Å². The van der Waals surface area contributed by atoms with Crippen LogP contribution in [0, 0.1) is 0 Å². The van der Waals surface area contributed by atoms with Gasteiger partial charge in [-0.25, -0.2) is 4.79 Å². The first-order chi connectivity index (χ1) is 15.6. The van der Waals surface area contributed by atoms with Crippen molar-refractivity contribution < 1.29 is 14.7 Å². The molecule has 0 heterocycles. The number of benzene rings is 1. The van der Waals surface area contributed by atoms with Crippen LogP contribution in [0.15, 0.2) is 24.3 Å². The van der Waals surface area contributed by atoms with Gasteiger partial charge in [-0.05, 0) is 30.5 Å². The van der Waals surface area contributed by atoms with E-state index in [0.29, 0.717) is 19.4 Å². The Bertz CT molecular complexity index is 601. The van der Waals surface area contributed by atoms with Crippen LogP contribution in [0.4, 0.5) is 4.79 Å².